The topological polar surface area (TPSA) is 90.8 Å². The minimum atomic E-state index is -0.450. The van der Waals surface area contributed by atoms with Crippen LogP contribution in [0.4, 0.5) is 0 Å². The van der Waals surface area contributed by atoms with Crippen molar-refractivity contribution in [3.05, 3.63) is 36.5 Å². The summed E-state index contributed by atoms with van der Waals surface area (Å²) in [6.45, 7) is 7.39. The van der Waals surface area contributed by atoms with Crippen molar-refractivity contribution in [2.24, 2.45) is 5.41 Å². The molecule has 0 unspecified atom stereocenters. The van der Waals surface area contributed by atoms with Crippen molar-refractivity contribution in [3.8, 4) is 17.4 Å². The minimum absolute atomic E-state index is 0.00685. The predicted octanol–water partition coefficient (Wildman–Crippen LogP) is 5.66. The first-order valence-corrected chi connectivity index (χ1v) is 12.6. The molecule has 0 aliphatic rings. The smallest absolute Gasteiger partial charge is 0.311 e. The van der Waals surface area contributed by atoms with Gasteiger partial charge in [-0.2, -0.15) is 4.98 Å². The minimum Gasteiger partial charge on any atom is -0.494 e. The number of esters is 1. The summed E-state index contributed by atoms with van der Waals surface area (Å²) < 4.78 is 16.7. The van der Waals surface area contributed by atoms with Gasteiger partial charge in [0, 0.05) is 18.0 Å². The van der Waals surface area contributed by atoms with Crippen LogP contribution in [0.1, 0.15) is 59.3 Å². The molecule has 1 N–H and O–H groups in total. The molecule has 2 rings (SSSR count). The maximum absolute atomic E-state index is 11.9. The second kappa shape index (κ2) is 14.6. The van der Waals surface area contributed by atoms with Crippen LogP contribution in [0, 0.1) is 5.41 Å². The Labute approximate surface area is 201 Å². The van der Waals surface area contributed by atoms with E-state index in [0.717, 1.165) is 55.8 Å². The lowest BCUT2D eigenvalue weighted by molar-refractivity contribution is -0.153. The lowest BCUT2D eigenvalue weighted by atomic mass is 9.87. The first-order chi connectivity index (χ1) is 15.9. The lowest BCUT2D eigenvalue weighted by Crippen LogP contribution is -2.26. The van der Waals surface area contributed by atoms with Gasteiger partial charge in [0.2, 0.25) is 5.88 Å². The van der Waals surface area contributed by atoms with Crippen LogP contribution in [0.3, 0.4) is 0 Å². The van der Waals surface area contributed by atoms with Crippen molar-refractivity contribution < 1.29 is 24.1 Å². The van der Waals surface area contributed by atoms with Gasteiger partial charge in [0.1, 0.15) is 11.5 Å². The van der Waals surface area contributed by atoms with Gasteiger partial charge in [-0.1, -0.05) is 11.8 Å². The Morgan fingerprint density at radius 1 is 0.970 bits per heavy atom. The molecule has 0 bridgehead atoms. The summed E-state index contributed by atoms with van der Waals surface area (Å²) >= 11 is 1.55. The Bertz CT molecular complexity index is 830. The van der Waals surface area contributed by atoms with Gasteiger partial charge in [0.05, 0.1) is 25.2 Å². The molecule has 1 aromatic heterocycles. The third-order valence-corrected chi connectivity index (χ3v) is 5.97. The van der Waals surface area contributed by atoms with E-state index in [9.17, 15) is 9.90 Å². The lowest BCUT2D eigenvalue weighted by Gasteiger charge is -2.21. The Morgan fingerprint density at radius 2 is 1.61 bits per heavy atom. The summed E-state index contributed by atoms with van der Waals surface area (Å²) in [6.07, 6.45) is 7.20. The number of benzene rings is 1. The van der Waals surface area contributed by atoms with Crippen LogP contribution in [0.15, 0.2) is 41.7 Å². The normalized spacial score (nSPS) is 11.2. The average molecular weight is 477 g/mol. The van der Waals surface area contributed by atoms with Gasteiger partial charge in [0.15, 0.2) is 5.16 Å². The van der Waals surface area contributed by atoms with Gasteiger partial charge in [-0.15, -0.1) is 0 Å². The van der Waals surface area contributed by atoms with Crippen molar-refractivity contribution in [1.29, 1.82) is 0 Å². The van der Waals surface area contributed by atoms with Crippen molar-refractivity contribution >= 4 is 17.7 Å². The second-order valence-electron chi connectivity index (χ2n) is 8.34. The standard InChI is InChI=1S/C25H36N2O5S/c1-4-30-23(29)25(2,3)15-6-8-18-32-21-12-10-20(11-13-21)31-17-7-5-9-19-33-24-26-16-14-22(28)27-24/h10-14,16H,4-9,15,17-19H2,1-3H3,(H,26,27,28). The molecule has 0 radical (unpaired) electrons. The number of thioether (sulfide) groups is 1. The second-order valence-corrected chi connectivity index (χ2v) is 9.40. The van der Waals surface area contributed by atoms with E-state index < -0.39 is 5.41 Å². The predicted molar refractivity (Wildman–Crippen MR) is 130 cm³/mol. The molecule has 2 aromatic rings. The molecule has 8 heteroatoms. The summed E-state index contributed by atoms with van der Waals surface area (Å²) in [6, 6.07) is 9.16. The number of hydrogen-bond donors (Lipinski definition) is 1. The van der Waals surface area contributed by atoms with Crippen LogP contribution in [0.5, 0.6) is 17.4 Å². The maximum Gasteiger partial charge on any atom is 0.311 e. The van der Waals surface area contributed by atoms with E-state index in [1.165, 1.54) is 6.07 Å². The zero-order valence-electron chi connectivity index (χ0n) is 19.9. The number of nitrogens with zero attached hydrogens (tertiary/aromatic N) is 2. The first kappa shape index (κ1) is 26.8. The maximum atomic E-state index is 11.9. The highest BCUT2D eigenvalue weighted by Gasteiger charge is 2.28. The molecule has 0 aliphatic heterocycles. The number of aromatic nitrogens is 2. The van der Waals surface area contributed by atoms with Crippen molar-refractivity contribution in [2.45, 2.75) is 64.5 Å². The van der Waals surface area contributed by atoms with Crippen LogP contribution >= 0.6 is 11.8 Å². The fourth-order valence-corrected chi connectivity index (χ4v) is 3.88. The van der Waals surface area contributed by atoms with Gasteiger partial charge >= 0.3 is 5.97 Å². The van der Waals surface area contributed by atoms with E-state index in [1.54, 1.807) is 18.0 Å². The fourth-order valence-electron chi connectivity index (χ4n) is 3.06. The molecule has 7 nitrogen and oxygen atoms in total. The van der Waals surface area contributed by atoms with E-state index in [1.807, 2.05) is 45.0 Å². The first-order valence-electron chi connectivity index (χ1n) is 11.6. The highest BCUT2D eigenvalue weighted by molar-refractivity contribution is 7.99. The molecule has 0 saturated heterocycles. The van der Waals surface area contributed by atoms with E-state index in [-0.39, 0.29) is 11.8 Å². The van der Waals surface area contributed by atoms with Gasteiger partial charge in [0.25, 0.3) is 0 Å². The monoisotopic (exact) mass is 476 g/mol. The van der Waals surface area contributed by atoms with E-state index in [2.05, 4.69) is 9.97 Å². The third-order valence-electron chi connectivity index (χ3n) is 5.02. The number of aromatic hydroxyl groups is 1. The van der Waals surface area contributed by atoms with E-state index in [0.29, 0.717) is 25.0 Å². The summed E-state index contributed by atoms with van der Waals surface area (Å²) in [7, 11) is 0. The Kier molecular flexibility index (Phi) is 11.9. The molecule has 0 atom stereocenters. The van der Waals surface area contributed by atoms with Crippen LogP contribution in [-0.2, 0) is 9.53 Å². The van der Waals surface area contributed by atoms with Gasteiger partial charge in [-0.25, -0.2) is 4.98 Å². The summed E-state index contributed by atoms with van der Waals surface area (Å²) in [5, 5.41) is 9.94. The third kappa shape index (κ3) is 10.8. The Balaban J connectivity index is 1.52. The molecular formula is C25H36N2O5S. The molecule has 1 aromatic carbocycles. The molecular weight excluding hydrogens is 440 g/mol. The van der Waals surface area contributed by atoms with Crippen molar-refractivity contribution in [1.82, 2.24) is 9.97 Å². The average Bonchev–Trinajstić information content (AvgIpc) is 2.79. The van der Waals surface area contributed by atoms with Gasteiger partial charge < -0.3 is 19.3 Å². The number of carbonyl (C=O) groups excluding carboxylic acids is 1. The van der Waals surface area contributed by atoms with E-state index in [4.69, 9.17) is 14.2 Å². The van der Waals surface area contributed by atoms with E-state index >= 15 is 0 Å². The molecule has 182 valence electrons. The Hall–Kier alpha value is -2.48. The number of ether oxygens (including phenoxy) is 3. The molecule has 0 aliphatic carbocycles. The largest absolute Gasteiger partial charge is 0.494 e. The number of carbonyl (C=O) groups is 1. The SMILES string of the molecule is CCOC(=O)C(C)(C)CCCCOc1ccc(OCCCCCSc2nccc(O)n2)cc1. The molecule has 1 heterocycles. The highest BCUT2D eigenvalue weighted by Crippen LogP contribution is 2.25. The summed E-state index contributed by atoms with van der Waals surface area (Å²) in [4.78, 5) is 20.0. The molecule has 0 amide bonds. The van der Waals surface area contributed by atoms with Crippen molar-refractivity contribution in [3.63, 3.8) is 0 Å². The Morgan fingerprint density at radius 3 is 2.21 bits per heavy atom. The summed E-state index contributed by atoms with van der Waals surface area (Å²) in [5.41, 5.74) is -0.450. The molecule has 33 heavy (non-hydrogen) atoms. The highest BCUT2D eigenvalue weighted by atomic mass is 32.2. The van der Waals surface area contributed by atoms with Crippen molar-refractivity contribution in [2.75, 3.05) is 25.6 Å². The zero-order valence-corrected chi connectivity index (χ0v) is 20.7. The van der Waals surface area contributed by atoms with Crippen LogP contribution in [-0.4, -0.2) is 46.6 Å². The number of hydrogen-bond acceptors (Lipinski definition) is 8. The quantitative estimate of drug-likeness (QED) is 0.144. The summed E-state index contributed by atoms with van der Waals surface area (Å²) in [5.74, 6) is 2.44. The van der Waals surface area contributed by atoms with Gasteiger partial charge in [-0.3, -0.25) is 4.79 Å². The zero-order chi connectivity index (χ0) is 23.9. The molecule has 0 spiro atoms. The number of rotatable bonds is 16. The fraction of sp³-hybridized carbons (Fsp3) is 0.560. The molecule has 0 saturated carbocycles. The van der Waals surface area contributed by atoms with Crippen LogP contribution in [0.2, 0.25) is 0 Å². The van der Waals surface area contributed by atoms with Crippen LogP contribution in [0.25, 0.3) is 0 Å². The van der Waals surface area contributed by atoms with Crippen LogP contribution < -0.4 is 9.47 Å². The van der Waals surface area contributed by atoms with Gasteiger partial charge in [-0.05, 0) is 83.6 Å². The molecule has 0 fully saturated rings. The number of unbranched alkanes of at least 4 members (excludes halogenated alkanes) is 3.